The van der Waals surface area contributed by atoms with Gasteiger partial charge in [-0.1, -0.05) is 11.6 Å². The van der Waals surface area contributed by atoms with E-state index in [0.29, 0.717) is 10.8 Å². The van der Waals surface area contributed by atoms with Crippen LogP contribution < -0.4 is 10.6 Å². The smallest absolute Gasteiger partial charge is 0.220 e. The average molecular weight is 255 g/mol. The molecule has 2 N–H and O–H groups in total. The molecule has 0 saturated carbocycles. The van der Waals surface area contributed by atoms with Crippen LogP contribution in [0.4, 0.5) is 5.82 Å². The van der Waals surface area contributed by atoms with Crippen LogP contribution in [0.5, 0.6) is 0 Å². The molecule has 0 unspecified atom stereocenters. The van der Waals surface area contributed by atoms with Crippen molar-refractivity contribution in [3.63, 3.8) is 0 Å². The number of halogens is 1. The third kappa shape index (κ3) is 2.66. The van der Waals surface area contributed by atoms with Crippen molar-refractivity contribution in [2.45, 2.75) is 19.8 Å². The second kappa shape index (κ2) is 4.87. The molecule has 1 aliphatic heterocycles. The third-order valence-electron chi connectivity index (χ3n) is 3.04. The Morgan fingerprint density at radius 2 is 2.18 bits per heavy atom. The molecule has 5 nitrogen and oxygen atoms in total. The highest BCUT2D eigenvalue weighted by Crippen LogP contribution is 2.27. The first-order chi connectivity index (χ1) is 8.08. The van der Waals surface area contributed by atoms with Crippen LogP contribution in [0.1, 0.15) is 18.7 Å². The average Bonchev–Trinajstić information content (AvgIpc) is 2.32. The minimum absolute atomic E-state index is 0.0204. The van der Waals surface area contributed by atoms with Gasteiger partial charge in [0.1, 0.15) is 10.8 Å². The van der Waals surface area contributed by atoms with Crippen molar-refractivity contribution in [1.82, 2.24) is 9.97 Å². The zero-order valence-electron chi connectivity index (χ0n) is 9.69. The van der Waals surface area contributed by atoms with Crippen molar-refractivity contribution >= 4 is 23.3 Å². The molecule has 1 amide bonds. The van der Waals surface area contributed by atoms with Gasteiger partial charge in [0.15, 0.2) is 5.82 Å². The van der Waals surface area contributed by atoms with Gasteiger partial charge in [-0.2, -0.15) is 0 Å². The van der Waals surface area contributed by atoms with Crippen LogP contribution in [-0.2, 0) is 4.79 Å². The Bertz CT molecular complexity index is 429. The quantitative estimate of drug-likeness (QED) is 0.859. The van der Waals surface area contributed by atoms with E-state index in [1.165, 1.54) is 0 Å². The highest BCUT2D eigenvalue weighted by molar-refractivity contribution is 6.32. The van der Waals surface area contributed by atoms with Gasteiger partial charge < -0.3 is 10.6 Å². The van der Waals surface area contributed by atoms with Crippen LogP contribution in [0.3, 0.4) is 0 Å². The van der Waals surface area contributed by atoms with E-state index < -0.39 is 0 Å². The molecule has 0 bridgehead atoms. The van der Waals surface area contributed by atoms with E-state index in [1.807, 2.05) is 6.92 Å². The number of amides is 1. The van der Waals surface area contributed by atoms with Gasteiger partial charge in [-0.3, -0.25) is 4.79 Å². The molecule has 0 aliphatic carbocycles. The number of aryl methyl sites for hydroxylation is 1. The van der Waals surface area contributed by atoms with Gasteiger partial charge in [-0.15, -0.1) is 0 Å². The summed E-state index contributed by atoms with van der Waals surface area (Å²) in [6.45, 7) is 3.34. The lowest BCUT2D eigenvalue weighted by molar-refractivity contribution is -0.122. The first-order valence-electron chi connectivity index (χ1n) is 5.61. The summed E-state index contributed by atoms with van der Waals surface area (Å²) in [7, 11) is 0. The number of rotatable bonds is 2. The summed E-state index contributed by atoms with van der Waals surface area (Å²) < 4.78 is 0. The Hall–Kier alpha value is -1.36. The van der Waals surface area contributed by atoms with E-state index in [0.717, 1.165) is 31.7 Å². The molecule has 1 aromatic heterocycles. The number of nitrogens with two attached hydrogens (primary N) is 1. The second-order valence-electron chi connectivity index (χ2n) is 4.25. The van der Waals surface area contributed by atoms with Gasteiger partial charge in [-0.25, -0.2) is 9.97 Å². The Morgan fingerprint density at radius 1 is 1.53 bits per heavy atom. The van der Waals surface area contributed by atoms with E-state index in [9.17, 15) is 4.79 Å². The van der Waals surface area contributed by atoms with Crippen molar-refractivity contribution in [3.05, 3.63) is 17.0 Å². The number of carbonyl (C=O) groups excluding carboxylic acids is 1. The summed E-state index contributed by atoms with van der Waals surface area (Å²) in [5, 5.41) is 0.549. The molecule has 0 atom stereocenters. The molecule has 1 aliphatic rings. The molecule has 1 aromatic rings. The van der Waals surface area contributed by atoms with E-state index in [-0.39, 0.29) is 11.8 Å². The van der Waals surface area contributed by atoms with E-state index in [2.05, 4.69) is 14.9 Å². The SMILES string of the molecule is Cc1ncc(Cl)c(N2CCC(C(N)=O)CC2)n1. The van der Waals surface area contributed by atoms with Crippen molar-refractivity contribution < 1.29 is 4.79 Å². The lowest BCUT2D eigenvalue weighted by Gasteiger charge is -2.31. The topological polar surface area (TPSA) is 72.1 Å². The van der Waals surface area contributed by atoms with Crippen LogP contribution in [-0.4, -0.2) is 29.0 Å². The van der Waals surface area contributed by atoms with Crippen LogP contribution in [0, 0.1) is 12.8 Å². The molecule has 0 radical (unpaired) electrons. The predicted molar refractivity (Wildman–Crippen MR) is 65.9 cm³/mol. The van der Waals surface area contributed by atoms with Crippen LogP contribution in [0.15, 0.2) is 6.20 Å². The number of nitrogens with zero attached hydrogens (tertiary/aromatic N) is 3. The van der Waals surface area contributed by atoms with Crippen LogP contribution >= 0.6 is 11.6 Å². The van der Waals surface area contributed by atoms with Crippen molar-refractivity contribution in [2.75, 3.05) is 18.0 Å². The minimum Gasteiger partial charge on any atom is -0.369 e. The first-order valence-corrected chi connectivity index (χ1v) is 5.99. The number of anilines is 1. The summed E-state index contributed by atoms with van der Waals surface area (Å²) in [5.74, 6) is 1.21. The van der Waals surface area contributed by atoms with Crippen molar-refractivity contribution in [2.24, 2.45) is 11.7 Å². The molecular weight excluding hydrogens is 240 g/mol. The molecule has 2 rings (SSSR count). The Labute approximate surface area is 105 Å². The fourth-order valence-electron chi connectivity index (χ4n) is 2.04. The van der Waals surface area contributed by atoms with E-state index in [4.69, 9.17) is 17.3 Å². The standard InChI is InChI=1S/C11H15ClN4O/c1-7-14-6-9(12)11(15-7)16-4-2-8(3-5-16)10(13)17/h6,8H,2-5H2,1H3,(H2,13,17). The maximum absolute atomic E-state index is 11.1. The normalized spacial score (nSPS) is 17.2. The Balaban J connectivity index is 2.10. The molecule has 92 valence electrons. The van der Waals surface area contributed by atoms with Gasteiger partial charge in [-0.05, 0) is 19.8 Å². The number of piperidine rings is 1. The highest BCUT2D eigenvalue weighted by Gasteiger charge is 2.25. The number of carbonyl (C=O) groups is 1. The van der Waals surface area contributed by atoms with Crippen molar-refractivity contribution in [3.8, 4) is 0 Å². The fourth-order valence-corrected chi connectivity index (χ4v) is 2.25. The van der Waals surface area contributed by atoms with Gasteiger partial charge in [0, 0.05) is 19.0 Å². The molecule has 2 heterocycles. The maximum Gasteiger partial charge on any atom is 0.220 e. The van der Waals surface area contributed by atoms with E-state index >= 15 is 0 Å². The fraction of sp³-hybridized carbons (Fsp3) is 0.545. The molecule has 0 spiro atoms. The summed E-state index contributed by atoms with van der Waals surface area (Å²) in [6, 6.07) is 0. The predicted octanol–water partition coefficient (Wildman–Crippen LogP) is 1.14. The zero-order valence-corrected chi connectivity index (χ0v) is 10.4. The maximum atomic E-state index is 11.1. The van der Waals surface area contributed by atoms with Crippen LogP contribution in [0.2, 0.25) is 5.02 Å². The number of aromatic nitrogens is 2. The molecule has 1 saturated heterocycles. The first kappa shape index (κ1) is 12.1. The monoisotopic (exact) mass is 254 g/mol. The Kier molecular flexibility index (Phi) is 3.47. The van der Waals surface area contributed by atoms with Crippen molar-refractivity contribution in [1.29, 1.82) is 0 Å². The number of hydrogen-bond acceptors (Lipinski definition) is 4. The summed E-state index contributed by atoms with van der Waals surface area (Å²) >= 11 is 6.07. The second-order valence-corrected chi connectivity index (χ2v) is 4.66. The number of primary amides is 1. The largest absolute Gasteiger partial charge is 0.369 e. The Morgan fingerprint density at radius 3 is 2.76 bits per heavy atom. The van der Waals surface area contributed by atoms with Gasteiger partial charge in [0.2, 0.25) is 5.91 Å². The van der Waals surface area contributed by atoms with Crippen LogP contribution in [0.25, 0.3) is 0 Å². The third-order valence-corrected chi connectivity index (χ3v) is 3.31. The minimum atomic E-state index is -0.213. The summed E-state index contributed by atoms with van der Waals surface area (Å²) in [4.78, 5) is 21.5. The summed E-state index contributed by atoms with van der Waals surface area (Å²) in [6.07, 6.45) is 3.13. The number of hydrogen-bond donors (Lipinski definition) is 1. The molecule has 6 heteroatoms. The molecule has 17 heavy (non-hydrogen) atoms. The molecule has 1 fully saturated rings. The molecule has 0 aromatic carbocycles. The van der Waals surface area contributed by atoms with Gasteiger partial charge in [0.25, 0.3) is 0 Å². The lowest BCUT2D eigenvalue weighted by atomic mass is 9.96. The van der Waals surface area contributed by atoms with E-state index in [1.54, 1.807) is 6.20 Å². The molecular formula is C11H15ClN4O. The lowest BCUT2D eigenvalue weighted by Crippen LogP contribution is -2.39. The van der Waals surface area contributed by atoms with Gasteiger partial charge in [0.05, 0.1) is 6.20 Å². The summed E-state index contributed by atoms with van der Waals surface area (Å²) in [5.41, 5.74) is 5.30. The zero-order chi connectivity index (χ0) is 12.4. The highest BCUT2D eigenvalue weighted by atomic mass is 35.5. The van der Waals surface area contributed by atoms with Gasteiger partial charge >= 0.3 is 0 Å².